The topological polar surface area (TPSA) is 63.2 Å². The molecule has 0 saturated carbocycles. The van der Waals surface area contributed by atoms with Crippen LogP contribution in [0.1, 0.15) is 159 Å². The van der Waals surface area contributed by atoms with Crippen molar-refractivity contribution in [3.8, 4) is 28.7 Å². The Morgan fingerprint density at radius 2 is 0.938 bits per heavy atom. The minimum atomic E-state index is -0.206. The van der Waals surface area contributed by atoms with Crippen molar-refractivity contribution in [2.75, 3.05) is 33.0 Å². The first kappa shape index (κ1) is 41.0. The summed E-state index contributed by atoms with van der Waals surface area (Å²) in [6.07, 6.45) is 19.8. The molecular weight excluding hydrogens is 600 g/mol. The summed E-state index contributed by atoms with van der Waals surface area (Å²) in [5.41, 5.74) is 2.45. The van der Waals surface area contributed by atoms with Gasteiger partial charge in [0.05, 0.1) is 33.0 Å². The van der Waals surface area contributed by atoms with E-state index < -0.39 is 0 Å². The number of allylic oxidation sites excluding steroid dienone is 1. The minimum absolute atomic E-state index is 0.206. The van der Waals surface area contributed by atoms with E-state index in [0.717, 1.165) is 114 Å². The summed E-state index contributed by atoms with van der Waals surface area (Å²) in [6, 6.07) is 8.11. The molecule has 0 N–H and O–H groups in total. The van der Waals surface area contributed by atoms with Crippen LogP contribution in [0.15, 0.2) is 30.3 Å². The van der Waals surface area contributed by atoms with Gasteiger partial charge < -0.3 is 23.7 Å². The quantitative estimate of drug-likeness (QED) is 0.0489. The molecular formula is C42H66O6. The lowest BCUT2D eigenvalue weighted by Gasteiger charge is -2.22. The van der Waals surface area contributed by atoms with Gasteiger partial charge in [0.1, 0.15) is 11.3 Å². The van der Waals surface area contributed by atoms with Gasteiger partial charge in [0.2, 0.25) is 0 Å². The van der Waals surface area contributed by atoms with Crippen molar-refractivity contribution in [2.45, 2.75) is 144 Å². The molecule has 0 amide bonds. The van der Waals surface area contributed by atoms with Crippen LogP contribution >= 0.6 is 0 Å². The van der Waals surface area contributed by atoms with Crippen molar-refractivity contribution in [3.63, 3.8) is 0 Å². The smallest absolute Gasteiger partial charge is 0.193 e. The van der Waals surface area contributed by atoms with Crippen LogP contribution in [0.25, 0.3) is 6.08 Å². The Labute approximate surface area is 292 Å². The van der Waals surface area contributed by atoms with E-state index >= 15 is 0 Å². The molecule has 0 aliphatic rings. The molecule has 0 radical (unpaired) electrons. The monoisotopic (exact) mass is 666 g/mol. The number of hydrogen-bond donors (Lipinski definition) is 0. The summed E-state index contributed by atoms with van der Waals surface area (Å²) in [7, 11) is 0. The van der Waals surface area contributed by atoms with Crippen molar-refractivity contribution in [3.05, 3.63) is 47.0 Å². The average molecular weight is 667 g/mol. The number of hydrogen-bond acceptors (Lipinski definition) is 6. The van der Waals surface area contributed by atoms with Crippen LogP contribution in [0.2, 0.25) is 0 Å². The second-order valence-corrected chi connectivity index (χ2v) is 12.6. The van der Waals surface area contributed by atoms with E-state index in [1.807, 2.05) is 18.2 Å². The summed E-state index contributed by atoms with van der Waals surface area (Å²) >= 11 is 0. The fourth-order valence-electron chi connectivity index (χ4n) is 5.31. The van der Waals surface area contributed by atoms with E-state index in [1.54, 1.807) is 6.08 Å². The van der Waals surface area contributed by atoms with Crippen molar-refractivity contribution < 1.29 is 28.5 Å². The number of rotatable bonds is 29. The van der Waals surface area contributed by atoms with Crippen LogP contribution in [-0.4, -0.2) is 38.8 Å². The lowest BCUT2D eigenvalue weighted by molar-refractivity contribution is 0.103. The highest BCUT2D eigenvalue weighted by molar-refractivity contribution is 6.11. The summed E-state index contributed by atoms with van der Waals surface area (Å²) in [5.74, 6) is 2.55. The van der Waals surface area contributed by atoms with Crippen molar-refractivity contribution in [1.82, 2.24) is 0 Å². The highest BCUT2D eigenvalue weighted by Gasteiger charge is 2.27. The van der Waals surface area contributed by atoms with Crippen LogP contribution < -0.4 is 23.7 Å². The Morgan fingerprint density at radius 3 is 1.35 bits per heavy atom. The first-order chi connectivity index (χ1) is 23.5. The third-order valence-corrected chi connectivity index (χ3v) is 8.31. The highest BCUT2D eigenvalue weighted by atomic mass is 16.5. The maximum absolute atomic E-state index is 14.5. The number of ketones is 1. The second-order valence-electron chi connectivity index (χ2n) is 12.6. The third kappa shape index (κ3) is 15.0. The lowest BCUT2D eigenvalue weighted by Crippen LogP contribution is -2.12. The number of benzene rings is 2. The predicted octanol–water partition coefficient (Wildman–Crippen LogP) is 12.0. The van der Waals surface area contributed by atoms with E-state index in [1.165, 1.54) is 5.56 Å². The summed E-state index contributed by atoms with van der Waals surface area (Å²) in [6.45, 7) is 15.7. The van der Waals surface area contributed by atoms with E-state index in [-0.39, 0.29) is 5.78 Å². The molecule has 48 heavy (non-hydrogen) atoms. The van der Waals surface area contributed by atoms with E-state index in [9.17, 15) is 4.79 Å². The number of carbonyl (C=O) groups is 1. The number of unbranched alkanes of at least 4 members (excludes halogenated alkanes) is 10. The van der Waals surface area contributed by atoms with Gasteiger partial charge in [-0.15, -0.1) is 0 Å². The van der Waals surface area contributed by atoms with Crippen LogP contribution in [-0.2, 0) is 6.42 Å². The van der Waals surface area contributed by atoms with Crippen LogP contribution in [0.5, 0.6) is 28.7 Å². The van der Waals surface area contributed by atoms with Gasteiger partial charge in [-0.2, -0.15) is 0 Å². The minimum Gasteiger partial charge on any atom is -0.493 e. The van der Waals surface area contributed by atoms with Gasteiger partial charge in [-0.3, -0.25) is 4.79 Å². The molecule has 6 nitrogen and oxygen atoms in total. The number of ether oxygens (including phenoxy) is 5. The van der Waals surface area contributed by atoms with Crippen molar-refractivity contribution in [1.29, 1.82) is 0 Å². The Hall–Kier alpha value is -3.15. The molecule has 0 unspecified atom stereocenters. The zero-order chi connectivity index (χ0) is 34.8. The molecule has 0 aliphatic heterocycles. The normalized spacial score (nSPS) is 11.2. The molecule has 0 aliphatic carbocycles. The van der Waals surface area contributed by atoms with E-state index in [2.05, 4.69) is 53.7 Å². The SMILES string of the molecule is CCCCCOc1ccc(CC)cc1C=CC(=O)c1c(OCCCCC)c(OCCCCC)cc(OCCCCC)c1OCCCCC. The Balaban J connectivity index is 2.66. The first-order valence-corrected chi connectivity index (χ1v) is 19.2. The van der Waals surface area contributed by atoms with Gasteiger partial charge >= 0.3 is 0 Å². The Kier molecular flexibility index (Phi) is 22.1. The third-order valence-electron chi connectivity index (χ3n) is 8.31. The van der Waals surface area contributed by atoms with Crippen LogP contribution in [0, 0.1) is 0 Å². The molecule has 0 spiro atoms. The molecule has 0 saturated heterocycles. The maximum Gasteiger partial charge on any atom is 0.193 e. The predicted molar refractivity (Wildman–Crippen MR) is 201 cm³/mol. The second kappa shape index (κ2) is 25.8. The molecule has 0 bridgehead atoms. The molecule has 2 aromatic carbocycles. The van der Waals surface area contributed by atoms with E-state index in [4.69, 9.17) is 23.7 Å². The van der Waals surface area contributed by atoms with Gasteiger partial charge in [-0.1, -0.05) is 112 Å². The van der Waals surface area contributed by atoms with Gasteiger partial charge in [-0.05, 0) is 68.4 Å². The largest absolute Gasteiger partial charge is 0.493 e. The van der Waals surface area contributed by atoms with Crippen molar-refractivity contribution >= 4 is 11.9 Å². The summed E-state index contributed by atoms with van der Waals surface area (Å²) < 4.78 is 31.9. The molecule has 0 atom stereocenters. The van der Waals surface area contributed by atoms with Gasteiger partial charge in [0.15, 0.2) is 28.8 Å². The van der Waals surface area contributed by atoms with Gasteiger partial charge in [-0.25, -0.2) is 0 Å². The number of aryl methyl sites for hydroxylation is 1. The van der Waals surface area contributed by atoms with Gasteiger partial charge in [0, 0.05) is 11.6 Å². The zero-order valence-electron chi connectivity index (χ0n) is 31.3. The molecule has 0 fully saturated rings. The van der Waals surface area contributed by atoms with E-state index in [0.29, 0.717) is 61.6 Å². The molecule has 2 aromatic rings. The maximum atomic E-state index is 14.5. The molecule has 2 rings (SSSR count). The fourth-order valence-corrected chi connectivity index (χ4v) is 5.31. The molecule has 270 valence electrons. The molecule has 6 heteroatoms. The summed E-state index contributed by atoms with van der Waals surface area (Å²) in [4.78, 5) is 14.5. The Morgan fingerprint density at radius 1 is 0.521 bits per heavy atom. The highest BCUT2D eigenvalue weighted by Crippen LogP contribution is 2.46. The first-order valence-electron chi connectivity index (χ1n) is 19.2. The Bertz CT molecular complexity index is 1140. The average Bonchev–Trinajstić information content (AvgIpc) is 3.10. The molecule has 0 aromatic heterocycles. The van der Waals surface area contributed by atoms with Gasteiger partial charge in [0.25, 0.3) is 0 Å². The number of carbonyl (C=O) groups excluding carboxylic acids is 1. The molecule has 0 heterocycles. The lowest BCUT2D eigenvalue weighted by atomic mass is 10.0. The summed E-state index contributed by atoms with van der Waals surface area (Å²) in [5, 5.41) is 0. The van der Waals surface area contributed by atoms with Crippen LogP contribution in [0.4, 0.5) is 0 Å². The standard InChI is InChI=1S/C42H66O6/c1-7-13-18-27-44-37-26-23-34(12-6)32-35(37)24-25-36(43)40-41(47-30-21-16-10-4)38(45-28-19-14-8-2)33-39(46-29-20-15-9-3)42(40)48-31-22-17-11-5/h23-26,32-33H,7-22,27-31H2,1-6H3. The zero-order valence-corrected chi connectivity index (χ0v) is 31.3. The van der Waals surface area contributed by atoms with Crippen molar-refractivity contribution in [2.24, 2.45) is 0 Å². The fraction of sp³-hybridized carbons (Fsp3) is 0.643. The van der Waals surface area contributed by atoms with Crippen LogP contribution in [0.3, 0.4) is 0 Å².